The summed E-state index contributed by atoms with van der Waals surface area (Å²) in [5.41, 5.74) is 4.91. The zero-order valence-corrected chi connectivity index (χ0v) is 22.4. The van der Waals surface area contributed by atoms with Crippen molar-refractivity contribution in [2.75, 3.05) is 11.5 Å². The number of aliphatic imine (C=N–C) groups is 1. The zero-order valence-electron chi connectivity index (χ0n) is 21.6. The van der Waals surface area contributed by atoms with Crippen LogP contribution in [0.15, 0.2) is 94.8 Å². The van der Waals surface area contributed by atoms with Crippen LogP contribution in [0.25, 0.3) is 16.8 Å². The molecule has 1 aliphatic heterocycles. The molecule has 1 fully saturated rings. The number of aryl methyl sites for hydroxylation is 2. The van der Waals surface area contributed by atoms with Crippen molar-refractivity contribution in [1.29, 1.82) is 0 Å². The molecule has 0 radical (unpaired) electrons. The molecule has 0 N–H and O–H groups in total. The van der Waals surface area contributed by atoms with Gasteiger partial charge in [0.05, 0.1) is 22.9 Å². The molecule has 186 valence electrons. The van der Waals surface area contributed by atoms with Gasteiger partial charge >= 0.3 is 0 Å². The largest absolute Gasteiger partial charge is 0.493 e. The standard InChI is InChI=1S/C32H30N2O2S/c1-21(2)20-36-29-18-13-24(27-7-5-6-8-28(27)29)19-30-31(35)34(26-16-11-23(4)12-17-26)32(37-30)33-25-14-9-22(3)10-15-25/h5-19,21H,20H2,1-4H3/b30-19+,33-32?. The van der Waals surface area contributed by atoms with E-state index in [0.717, 1.165) is 39.0 Å². The number of carbonyl (C=O) groups is 1. The van der Waals surface area contributed by atoms with E-state index in [2.05, 4.69) is 26.0 Å². The van der Waals surface area contributed by atoms with Crippen molar-refractivity contribution in [3.8, 4) is 5.75 Å². The molecule has 0 bridgehead atoms. The van der Waals surface area contributed by atoms with Crippen molar-refractivity contribution in [3.05, 3.63) is 107 Å². The van der Waals surface area contributed by atoms with Crippen LogP contribution in [-0.2, 0) is 4.79 Å². The minimum Gasteiger partial charge on any atom is -0.493 e. The Labute approximate surface area is 222 Å². The molecular weight excluding hydrogens is 476 g/mol. The molecule has 4 aromatic rings. The van der Waals surface area contributed by atoms with E-state index in [-0.39, 0.29) is 5.91 Å². The Hall–Kier alpha value is -3.83. The fourth-order valence-corrected chi connectivity index (χ4v) is 5.14. The topological polar surface area (TPSA) is 41.9 Å². The Morgan fingerprint density at radius 2 is 1.51 bits per heavy atom. The maximum absolute atomic E-state index is 13.8. The minimum absolute atomic E-state index is 0.0797. The highest BCUT2D eigenvalue weighted by Crippen LogP contribution is 2.39. The van der Waals surface area contributed by atoms with E-state index in [9.17, 15) is 4.79 Å². The average molecular weight is 507 g/mol. The molecule has 1 heterocycles. The molecule has 0 aromatic heterocycles. The fourth-order valence-electron chi connectivity index (χ4n) is 4.14. The SMILES string of the molecule is Cc1ccc(N=C2S/C(=C/c3ccc(OCC(C)C)c4ccccc34)C(=O)N2c2ccc(C)cc2)cc1. The molecule has 1 amide bonds. The normalized spacial score (nSPS) is 15.9. The molecule has 0 aliphatic carbocycles. The molecule has 4 aromatic carbocycles. The van der Waals surface area contributed by atoms with Gasteiger partial charge in [0.15, 0.2) is 5.17 Å². The molecule has 1 saturated heterocycles. The van der Waals surface area contributed by atoms with Gasteiger partial charge < -0.3 is 4.74 Å². The van der Waals surface area contributed by atoms with Gasteiger partial charge in [0.25, 0.3) is 5.91 Å². The second kappa shape index (κ2) is 10.7. The number of rotatable bonds is 6. The first-order chi connectivity index (χ1) is 17.9. The maximum Gasteiger partial charge on any atom is 0.271 e. The Morgan fingerprint density at radius 1 is 0.865 bits per heavy atom. The van der Waals surface area contributed by atoms with Gasteiger partial charge in [0.2, 0.25) is 0 Å². The lowest BCUT2D eigenvalue weighted by Gasteiger charge is -2.16. The highest BCUT2D eigenvalue weighted by atomic mass is 32.2. The van der Waals surface area contributed by atoms with Crippen LogP contribution in [0.5, 0.6) is 5.75 Å². The number of fused-ring (bicyclic) bond motifs is 1. The number of hydrogen-bond acceptors (Lipinski definition) is 4. The average Bonchev–Trinajstić information content (AvgIpc) is 3.19. The van der Waals surface area contributed by atoms with E-state index in [1.165, 1.54) is 17.3 Å². The van der Waals surface area contributed by atoms with Gasteiger partial charge in [-0.05, 0) is 78.9 Å². The minimum atomic E-state index is -0.0797. The third-order valence-corrected chi connectivity index (χ3v) is 7.10. The molecule has 0 spiro atoms. The number of amides is 1. The first-order valence-corrected chi connectivity index (χ1v) is 13.3. The highest BCUT2D eigenvalue weighted by molar-refractivity contribution is 8.19. The van der Waals surface area contributed by atoms with Crippen molar-refractivity contribution in [2.45, 2.75) is 27.7 Å². The van der Waals surface area contributed by atoms with Crippen LogP contribution < -0.4 is 9.64 Å². The van der Waals surface area contributed by atoms with Crippen LogP contribution in [-0.4, -0.2) is 17.7 Å². The molecule has 4 nitrogen and oxygen atoms in total. The number of benzene rings is 4. The smallest absolute Gasteiger partial charge is 0.271 e. The van der Waals surface area contributed by atoms with E-state index in [0.29, 0.717) is 22.6 Å². The Kier molecular flexibility index (Phi) is 7.15. The molecule has 5 rings (SSSR count). The zero-order chi connectivity index (χ0) is 25.9. The third-order valence-electron chi connectivity index (χ3n) is 6.13. The summed E-state index contributed by atoms with van der Waals surface area (Å²) in [5.74, 6) is 1.22. The first-order valence-electron chi connectivity index (χ1n) is 12.5. The molecule has 0 atom stereocenters. The molecule has 37 heavy (non-hydrogen) atoms. The number of nitrogens with zero attached hydrogens (tertiary/aromatic N) is 2. The van der Waals surface area contributed by atoms with Gasteiger partial charge in [-0.15, -0.1) is 0 Å². The maximum atomic E-state index is 13.8. The summed E-state index contributed by atoms with van der Waals surface area (Å²) < 4.78 is 6.08. The van der Waals surface area contributed by atoms with E-state index < -0.39 is 0 Å². The predicted molar refractivity (Wildman–Crippen MR) is 157 cm³/mol. The van der Waals surface area contributed by atoms with Gasteiger partial charge in [-0.1, -0.05) is 79.6 Å². The summed E-state index contributed by atoms with van der Waals surface area (Å²) in [6, 6.07) is 28.2. The van der Waals surface area contributed by atoms with Crippen LogP contribution in [0.1, 0.15) is 30.5 Å². The highest BCUT2D eigenvalue weighted by Gasteiger charge is 2.35. The van der Waals surface area contributed by atoms with Gasteiger partial charge in [0.1, 0.15) is 5.75 Å². The van der Waals surface area contributed by atoms with Gasteiger partial charge in [-0.2, -0.15) is 0 Å². The van der Waals surface area contributed by atoms with E-state index in [1.807, 2.05) is 92.7 Å². The summed E-state index contributed by atoms with van der Waals surface area (Å²) in [6.07, 6.45) is 1.97. The quantitative estimate of drug-likeness (QED) is 0.247. The van der Waals surface area contributed by atoms with Crippen LogP contribution in [0, 0.1) is 19.8 Å². The van der Waals surface area contributed by atoms with Gasteiger partial charge in [0, 0.05) is 5.39 Å². The van der Waals surface area contributed by atoms with Crippen molar-refractivity contribution >= 4 is 51.1 Å². The Morgan fingerprint density at radius 3 is 2.19 bits per heavy atom. The number of amidine groups is 1. The lowest BCUT2D eigenvalue weighted by Crippen LogP contribution is -2.28. The molecule has 0 saturated carbocycles. The van der Waals surface area contributed by atoms with Gasteiger partial charge in [-0.25, -0.2) is 4.99 Å². The van der Waals surface area contributed by atoms with Gasteiger partial charge in [-0.3, -0.25) is 9.69 Å². The van der Waals surface area contributed by atoms with Crippen molar-refractivity contribution < 1.29 is 9.53 Å². The molecule has 5 heteroatoms. The summed E-state index contributed by atoms with van der Waals surface area (Å²) >= 11 is 1.40. The monoisotopic (exact) mass is 506 g/mol. The number of hydrogen-bond donors (Lipinski definition) is 0. The van der Waals surface area contributed by atoms with Crippen LogP contribution in [0.3, 0.4) is 0 Å². The number of thioether (sulfide) groups is 1. The van der Waals surface area contributed by atoms with Crippen LogP contribution >= 0.6 is 11.8 Å². The number of anilines is 1. The number of carbonyl (C=O) groups excluding carboxylic acids is 1. The third kappa shape index (κ3) is 5.47. The number of ether oxygens (including phenoxy) is 1. The second-order valence-corrected chi connectivity index (χ2v) is 10.7. The van der Waals surface area contributed by atoms with Crippen LogP contribution in [0.2, 0.25) is 0 Å². The first kappa shape index (κ1) is 24.8. The van der Waals surface area contributed by atoms with E-state index in [4.69, 9.17) is 9.73 Å². The molecule has 0 unspecified atom stereocenters. The summed E-state index contributed by atoms with van der Waals surface area (Å²) in [5, 5.41) is 2.73. The Balaban J connectivity index is 1.57. The van der Waals surface area contributed by atoms with E-state index >= 15 is 0 Å². The predicted octanol–water partition coefficient (Wildman–Crippen LogP) is 8.30. The van der Waals surface area contributed by atoms with Crippen molar-refractivity contribution in [1.82, 2.24) is 0 Å². The molecule has 1 aliphatic rings. The molecular formula is C32H30N2O2S. The Bertz CT molecular complexity index is 1500. The lowest BCUT2D eigenvalue weighted by atomic mass is 10.0. The van der Waals surface area contributed by atoms with E-state index in [1.54, 1.807) is 4.90 Å². The summed E-state index contributed by atoms with van der Waals surface area (Å²) in [7, 11) is 0. The second-order valence-electron chi connectivity index (χ2n) is 9.72. The van der Waals surface area contributed by atoms with Crippen molar-refractivity contribution in [2.24, 2.45) is 10.9 Å². The lowest BCUT2D eigenvalue weighted by molar-refractivity contribution is -0.113. The summed E-state index contributed by atoms with van der Waals surface area (Å²) in [6.45, 7) is 9.02. The fraction of sp³-hybridized carbons (Fsp3) is 0.188. The summed E-state index contributed by atoms with van der Waals surface area (Å²) in [4.78, 5) is 21.0. The van der Waals surface area contributed by atoms with Crippen molar-refractivity contribution in [3.63, 3.8) is 0 Å². The van der Waals surface area contributed by atoms with Crippen LogP contribution in [0.4, 0.5) is 11.4 Å².